The number of rotatable bonds is 5. The van der Waals surface area contributed by atoms with E-state index >= 15 is 0 Å². The number of carbonyl (C=O) groups excluding carboxylic acids is 1. The van der Waals surface area contributed by atoms with Crippen LogP contribution >= 0.6 is 23.2 Å². The van der Waals surface area contributed by atoms with Crippen molar-refractivity contribution < 1.29 is 9.18 Å². The summed E-state index contributed by atoms with van der Waals surface area (Å²) < 4.78 is 12.9. The minimum Gasteiger partial charge on any atom is -0.360 e. The van der Waals surface area contributed by atoms with Crippen LogP contribution in [0.15, 0.2) is 30.0 Å². The van der Waals surface area contributed by atoms with E-state index < -0.39 is 11.7 Å². The fourth-order valence-corrected chi connectivity index (χ4v) is 1.42. The van der Waals surface area contributed by atoms with Crippen LogP contribution in [0.4, 0.5) is 10.1 Å². The second-order valence-electron chi connectivity index (χ2n) is 3.39. The van der Waals surface area contributed by atoms with Gasteiger partial charge in [0.15, 0.2) is 0 Å². The van der Waals surface area contributed by atoms with Crippen LogP contribution in [0.5, 0.6) is 0 Å². The van der Waals surface area contributed by atoms with Crippen LogP contribution in [0, 0.1) is 17.1 Å². The minimum atomic E-state index is -0.545. The van der Waals surface area contributed by atoms with Gasteiger partial charge in [-0.05, 0) is 18.2 Å². The largest absolute Gasteiger partial charge is 0.360 e. The lowest BCUT2D eigenvalue weighted by Crippen LogP contribution is -2.26. The van der Waals surface area contributed by atoms with E-state index in [1.54, 1.807) is 6.07 Å². The third-order valence-corrected chi connectivity index (χ3v) is 2.53. The second-order valence-corrected chi connectivity index (χ2v) is 4.17. The summed E-state index contributed by atoms with van der Waals surface area (Å²) in [5.41, 5.74) is 0.342. The quantitative estimate of drug-likeness (QED) is 0.499. The molecular formula is C12H10Cl2FN3O. The number of halogens is 3. The molecule has 0 aliphatic heterocycles. The van der Waals surface area contributed by atoms with Gasteiger partial charge >= 0.3 is 0 Å². The summed E-state index contributed by atoms with van der Waals surface area (Å²) in [6.45, 7) is 0.266. The summed E-state index contributed by atoms with van der Waals surface area (Å²) >= 11 is 11.0. The van der Waals surface area contributed by atoms with Crippen LogP contribution in [-0.4, -0.2) is 18.3 Å². The SMILES string of the molecule is N#C/C(=C/Nc1ccc(F)c(Cl)c1)C(=O)NCCCl. The Morgan fingerprint density at radius 1 is 1.53 bits per heavy atom. The van der Waals surface area contributed by atoms with Crippen molar-refractivity contribution >= 4 is 34.8 Å². The topological polar surface area (TPSA) is 64.9 Å². The smallest absolute Gasteiger partial charge is 0.263 e. The fraction of sp³-hybridized carbons (Fsp3) is 0.167. The van der Waals surface area contributed by atoms with Gasteiger partial charge in [0.25, 0.3) is 5.91 Å². The predicted octanol–water partition coefficient (Wildman–Crippen LogP) is 2.65. The lowest BCUT2D eigenvalue weighted by molar-refractivity contribution is -0.117. The normalized spacial score (nSPS) is 10.7. The minimum absolute atomic E-state index is 0.0523. The number of carbonyl (C=O) groups is 1. The van der Waals surface area contributed by atoms with Gasteiger partial charge in [-0.2, -0.15) is 5.26 Å². The average molecular weight is 302 g/mol. The summed E-state index contributed by atoms with van der Waals surface area (Å²) in [7, 11) is 0. The molecule has 1 amide bonds. The lowest BCUT2D eigenvalue weighted by Gasteiger charge is -2.04. The van der Waals surface area contributed by atoms with Gasteiger partial charge in [-0.3, -0.25) is 4.79 Å². The van der Waals surface area contributed by atoms with Crippen molar-refractivity contribution in [1.29, 1.82) is 5.26 Å². The molecule has 0 aliphatic carbocycles. The first-order valence-electron chi connectivity index (χ1n) is 5.24. The number of anilines is 1. The predicted molar refractivity (Wildman–Crippen MR) is 72.5 cm³/mol. The second kappa shape index (κ2) is 7.62. The van der Waals surface area contributed by atoms with Gasteiger partial charge in [0.05, 0.1) is 5.02 Å². The molecular weight excluding hydrogens is 292 g/mol. The Morgan fingerprint density at radius 2 is 2.26 bits per heavy atom. The first-order valence-corrected chi connectivity index (χ1v) is 6.15. The molecule has 0 radical (unpaired) electrons. The average Bonchev–Trinajstić information content (AvgIpc) is 2.41. The van der Waals surface area contributed by atoms with Gasteiger partial charge < -0.3 is 10.6 Å². The highest BCUT2D eigenvalue weighted by Crippen LogP contribution is 2.19. The number of hydrogen-bond donors (Lipinski definition) is 2. The third-order valence-electron chi connectivity index (χ3n) is 2.05. The molecule has 0 fully saturated rings. The summed E-state index contributed by atoms with van der Waals surface area (Å²) in [5.74, 6) is -0.828. The molecule has 1 aromatic rings. The van der Waals surface area contributed by atoms with Crippen molar-refractivity contribution in [3.63, 3.8) is 0 Å². The molecule has 19 heavy (non-hydrogen) atoms. The molecule has 2 N–H and O–H groups in total. The van der Waals surface area contributed by atoms with Gasteiger partial charge in [0.2, 0.25) is 0 Å². The van der Waals surface area contributed by atoms with E-state index in [4.69, 9.17) is 28.5 Å². The molecule has 1 rings (SSSR count). The maximum absolute atomic E-state index is 12.9. The van der Waals surface area contributed by atoms with Gasteiger partial charge in [-0.15, -0.1) is 11.6 Å². The van der Waals surface area contributed by atoms with Crippen LogP contribution < -0.4 is 10.6 Å². The van der Waals surface area contributed by atoms with Gasteiger partial charge in [0, 0.05) is 24.3 Å². The summed E-state index contributed by atoms with van der Waals surface area (Å²) in [4.78, 5) is 11.5. The van der Waals surface area contributed by atoms with Crippen molar-refractivity contribution in [2.24, 2.45) is 0 Å². The zero-order valence-corrected chi connectivity index (χ0v) is 11.2. The molecule has 0 aromatic heterocycles. The Labute approximate surface area is 119 Å². The van der Waals surface area contributed by atoms with Crippen LogP contribution in [0.25, 0.3) is 0 Å². The fourth-order valence-electron chi connectivity index (χ4n) is 1.15. The number of nitriles is 1. The van der Waals surface area contributed by atoms with Crippen LogP contribution in [0.1, 0.15) is 0 Å². The Hall–Kier alpha value is -1.77. The summed E-state index contributed by atoms with van der Waals surface area (Å²) in [6.07, 6.45) is 1.22. The molecule has 0 bridgehead atoms. The summed E-state index contributed by atoms with van der Waals surface area (Å²) in [6, 6.07) is 5.70. The van der Waals surface area contributed by atoms with Crippen molar-refractivity contribution in [1.82, 2.24) is 5.32 Å². The molecule has 0 spiro atoms. The van der Waals surface area contributed by atoms with E-state index in [0.717, 1.165) is 0 Å². The van der Waals surface area contributed by atoms with E-state index in [2.05, 4.69) is 10.6 Å². The van der Waals surface area contributed by atoms with Crippen molar-refractivity contribution in [3.05, 3.63) is 40.8 Å². The van der Waals surface area contributed by atoms with Crippen LogP contribution in [0.3, 0.4) is 0 Å². The van der Waals surface area contributed by atoms with Gasteiger partial charge in [-0.25, -0.2) is 4.39 Å². The number of nitrogens with zero attached hydrogens (tertiary/aromatic N) is 1. The molecule has 100 valence electrons. The molecule has 0 unspecified atom stereocenters. The monoisotopic (exact) mass is 301 g/mol. The van der Waals surface area contributed by atoms with Crippen molar-refractivity contribution in [2.45, 2.75) is 0 Å². The number of benzene rings is 1. The van der Waals surface area contributed by atoms with Crippen LogP contribution in [-0.2, 0) is 4.79 Å². The lowest BCUT2D eigenvalue weighted by atomic mass is 10.2. The highest BCUT2D eigenvalue weighted by atomic mass is 35.5. The Kier molecular flexibility index (Phi) is 6.13. The maximum atomic E-state index is 12.9. The number of alkyl halides is 1. The van der Waals surface area contributed by atoms with E-state index in [0.29, 0.717) is 5.69 Å². The van der Waals surface area contributed by atoms with E-state index in [1.807, 2.05) is 0 Å². The highest BCUT2D eigenvalue weighted by Gasteiger charge is 2.07. The van der Waals surface area contributed by atoms with Gasteiger partial charge in [0.1, 0.15) is 17.5 Å². The summed E-state index contributed by atoms with van der Waals surface area (Å²) in [5, 5.41) is 13.9. The maximum Gasteiger partial charge on any atom is 0.263 e. The standard InChI is InChI=1S/C12H10Cl2FN3O/c13-3-4-17-12(19)8(6-16)7-18-9-1-2-11(15)10(14)5-9/h1-2,5,7,18H,3-4H2,(H,17,19)/b8-7-. The van der Waals surface area contributed by atoms with Crippen molar-refractivity contribution in [3.8, 4) is 6.07 Å². The Balaban J connectivity index is 2.74. The molecule has 4 nitrogen and oxygen atoms in total. The Morgan fingerprint density at radius 3 is 2.84 bits per heavy atom. The molecule has 0 atom stereocenters. The zero-order valence-electron chi connectivity index (χ0n) is 9.71. The van der Waals surface area contributed by atoms with E-state index in [-0.39, 0.29) is 23.0 Å². The Bertz CT molecular complexity index is 540. The van der Waals surface area contributed by atoms with E-state index in [1.165, 1.54) is 24.4 Å². The third kappa shape index (κ3) is 4.78. The van der Waals surface area contributed by atoms with Crippen molar-refractivity contribution in [2.75, 3.05) is 17.7 Å². The number of amides is 1. The first-order chi connectivity index (χ1) is 9.08. The molecule has 0 heterocycles. The molecule has 0 aliphatic rings. The highest BCUT2D eigenvalue weighted by molar-refractivity contribution is 6.31. The molecule has 7 heteroatoms. The number of nitrogens with one attached hydrogen (secondary N) is 2. The van der Waals surface area contributed by atoms with Gasteiger partial charge in [-0.1, -0.05) is 11.6 Å². The van der Waals surface area contributed by atoms with E-state index in [9.17, 15) is 9.18 Å². The van der Waals surface area contributed by atoms with Crippen LogP contribution in [0.2, 0.25) is 5.02 Å². The molecule has 0 saturated carbocycles. The molecule has 0 saturated heterocycles. The zero-order chi connectivity index (χ0) is 14.3. The number of hydrogen-bond acceptors (Lipinski definition) is 3. The molecule has 1 aromatic carbocycles. The first kappa shape index (κ1) is 15.3.